The molecule has 1 aromatic heterocycles. The average Bonchev–Trinajstić information content (AvgIpc) is 3.12. The Hall–Kier alpha value is -3.46. The van der Waals surface area contributed by atoms with Gasteiger partial charge in [0.1, 0.15) is 11.9 Å². The third-order valence-electron chi connectivity index (χ3n) is 3.62. The van der Waals surface area contributed by atoms with Gasteiger partial charge in [-0.25, -0.2) is 9.37 Å². The Morgan fingerprint density at radius 2 is 2.04 bits per heavy atom. The third kappa shape index (κ3) is 3.72. The Kier molecular flexibility index (Phi) is 4.57. The summed E-state index contributed by atoms with van der Waals surface area (Å²) < 4.78 is 18.6. The van der Waals surface area contributed by atoms with E-state index in [9.17, 15) is 9.18 Å². The van der Waals surface area contributed by atoms with E-state index in [1.54, 1.807) is 37.3 Å². The van der Waals surface area contributed by atoms with E-state index in [0.29, 0.717) is 28.3 Å². The lowest BCUT2D eigenvalue weighted by atomic mass is 10.1. The molecule has 0 aliphatic carbocycles. The lowest BCUT2D eigenvalue weighted by Gasteiger charge is -2.10. The molecule has 3 rings (SSSR count). The molecule has 25 heavy (non-hydrogen) atoms. The van der Waals surface area contributed by atoms with Gasteiger partial charge in [0.05, 0.1) is 17.8 Å². The number of benzene rings is 2. The fourth-order valence-corrected chi connectivity index (χ4v) is 2.31. The van der Waals surface area contributed by atoms with E-state index in [0.717, 1.165) is 0 Å². The van der Waals surface area contributed by atoms with E-state index < -0.39 is 6.04 Å². The number of hydrogen-bond donors (Lipinski definition) is 1. The molecular formula is C19H14FN3O2. The Bertz CT molecular complexity index is 942. The first-order chi connectivity index (χ1) is 12.1. The third-order valence-corrected chi connectivity index (χ3v) is 3.62. The molecular weight excluding hydrogens is 321 g/mol. The topological polar surface area (TPSA) is 78.9 Å². The maximum Gasteiger partial charge on any atom is 0.251 e. The average molecular weight is 335 g/mol. The van der Waals surface area contributed by atoms with E-state index in [4.69, 9.17) is 9.68 Å². The van der Waals surface area contributed by atoms with E-state index in [2.05, 4.69) is 10.3 Å². The van der Waals surface area contributed by atoms with Crippen molar-refractivity contribution in [3.63, 3.8) is 0 Å². The zero-order chi connectivity index (χ0) is 17.8. The molecule has 0 saturated carbocycles. The molecule has 5 nitrogen and oxygen atoms in total. The van der Waals surface area contributed by atoms with E-state index in [-0.39, 0.29) is 11.7 Å². The van der Waals surface area contributed by atoms with Gasteiger partial charge >= 0.3 is 0 Å². The summed E-state index contributed by atoms with van der Waals surface area (Å²) in [6, 6.07) is 13.8. The summed E-state index contributed by atoms with van der Waals surface area (Å²) in [5.74, 6) is 0.168. The SMILES string of the molecule is CC(NC(=O)c1cccc(C#N)c1)c1ncc(-c2ccc(F)cc2)o1. The molecule has 0 aliphatic heterocycles. The highest BCUT2D eigenvalue weighted by Gasteiger charge is 2.17. The molecule has 1 unspecified atom stereocenters. The van der Waals surface area contributed by atoms with Gasteiger partial charge in [-0.15, -0.1) is 0 Å². The molecule has 6 heteroatoms. The first-order valence-electron chi connectivity index (χ1n) is 7.59. The highest BCUT2D eigenvalue weighted by molar-refractivity contribution is 5.94. The van der Waals surface area contributed by atoms with Crippen LogP contribution >= 0.6 is 0 Å². The van der Waals surface area contributed by atoms with Crippen molar-refractivity contribution in [2.24, 2.45) is 0 Å². The van der Waals surface area contributed by atoms with Gasteiger partial charge in [-0.05, 0) is 49.4 Å². The summed E-state index contributed by atoms with van der Waals surface area (Å²) in [5, 5.41) is 11.7. The molecule has 124 valence electrons. The molecule has 0 bridgehead atoms. The van der Waals surface area contributed by atoms with Crippen LogP contribution in [0.2, 0.25) is 0 Å². The van der Waals surface area contributed by atoms with Gasteiger partial charge in [-0.1, -0.05) is 6.07 Å². The Morgan fingerprint density at radius 3 is 2.76 bits per heavy atom. The van der Waals surface area contributed by atoms with Crippen molar-refractivity contribution < 1.29 is 13.6 Å². The van der Waals surface area contributed by atoms with Gasteiger partial charge < -0.3 is 9.73 Å². The smallest absolute Gasteiger partial charge is 0.251 e. The second-order valence-electron chi connectivity index (χ2n) is 5.46. The van der Waals surface area contributed by atoms with Crippen molar-refractivity contribution in [1.29, 1.82) is 5.26 Å². The predicted octanol–water partition coefficient (Wildman–Crippen LogP) is 3.84. The maximum atomic E-state index is 13.0. The number of aromatic nitrogens is 1. The minimum atomic E-state index is -0.465. The second kappa shape index (κ2) is 6.97. The number of amides is 1. The second-order valence-corrected chi connectivity index (χ2v) is 5.46. The standard InChI is InChI=1S/C19H14FN3O2/c1-12(23-18(24)15-4-2-3-13(9-15)10-21)19-22-11-17(25-19)14-5-7-16(20)8-6-14/h2-9,11-12H,1H3,(H,23,24). The van der Waals surface area contributed by atoms with Crippen LogP contribution < -0.4 is 5.32 Å². The van der Waals surface area contributed by atoms with E-state index in [1.165, 1.54) is 24.4 Å². The number of carbonyl (C=O) groups excluding carboxylic acids is 1. The van der Waals surface area contributed by atoms with Crippen molar-refractivity contribution in [3.8, 4) is 17.4 Å². The number of rotatable bonds is 4. The number of halogens is 1. The van der Waals surface area contributed by atoms with Crippen LogP contribution in [0.3, 0.4) is 0 Å². The fourth-order valence-electron chi connectivity index (χ4n) is 2.31. The van der Waals surface area contributed by atoms with E-state index in [1.807, 2.05) is 6.07 Å². The Morgan fingerprint density at radius 1 is 1.28 bits per heavy atom. The van der Waals surface area contributed by atoms with Gasteiger partial charge in [0.25, 0.3) is 5.91 Å². The van der Waals surface area contributed by atoms with Crippen LogP contribution in [-0.2, 0) is 0 Å². The molecule has 0 saturated heterocycles. The minimum absolute atomic E-state index is 0.328. The minimum Gasteiger partial charge on any atom is -0.438 e. The van der Waals surface area contributed by atoms with Crippen LogP contribution in [0.4, 0.5) is 4.39 Å². The number of nitriles is 1. The number of oxazole rings is 1. The highest BCUT2D eigenvalue weighted by Crippen LogP contribution is 2.23. The van der Waals surface area contributed by atoms with Crippen molar-refractivity contribution in [1.82, 2.24) is 10.3 Å². The van der Waals surface area contributed by atoms with Crippen LogP contribution in [0.15, 0.2) is 59.1 Å². The molecule has 3 aromatic rings. The quantitative estimate of drug-likeness (QED) is 0.785. The molecule has 1 N–H and O–H groups in total. The zero-order valence-corrected chi connectivity index (χ0v) is 13.4. The monoisotopic (exact) mass is 335 g/mol. The van der Waals surface area contributed by atoms with Gasteiger partial charge in [-0.3, -0.25) is 4.79 Å². The Labute approximate surface area is 143 Å². The van der Waals surface area contributed by atoms with Crippen LogP contribution in [0.5, 0.6) is 0 Å². The van der Waals surface area contributed by atoms with Crippen LogP contribution in [0.1, 0.15) is 34.8 Å². The van der Waals surface area contributed by atoms with Crippen molar-refractivity contribution in [2.45, 2.75) is 13.0 Å². The zero-order valence-electron chi connectivity index (χ0n) is 13.4. The summed E-state index contributed by atoms with van der Waals surface area (Å²) in [6.07, 6.45) is 1.53. The molecule has 0 radical (unpaired) electrons. The van der Waals surface area contributed by atoms with Crippen LogP contribution in [-0.4, -0.2) is 10.9 Å². The predicted molar refractivity (Wildman–Crippen MR) is 88.9 cm³/mol. The van der Waals surface area contributed by atoms with Gasteiger partial charge in [-0.2, -0.15) is 5.26 Å². The van der Waals surface area contributed by atoms with Gasteiger partial charge in [0.2, 0.25) is 5.89 Å². The van der Waals surface area contributed by atoms with Gasteiger partial charge in [0, 0.05) is 11.1 Å². The summed E-state index contributed by atoms with van der Waals surface area (Å²) in [4.78, 5) is 16.4. The normalized spacial score (nSPS) is 11.6. The Balaban J connectivity index is 1.73. The molecule has 2 aromatic carbocycles. The van der Waals surface area contributed by atoms with Crippen molar-refractivity contribution in [2.75, 3.05) is 0 Å². The number of carbonyl (C=O) groups is 1. The van der Waals surface area contributed by atoms with Crippen LogP contribution in [0, 0.1) is 17.1 Å². The molecule has 0 spiro atoms. The fraction of sp³-hybridized carbons (Fsp3) is 0.105. The summed E-state index contributed by atoms with van der Waals surface area (Å²) in [6.45, 7) is 1.74. The molecule has 1 amide bonds. The molecule has 1 atom stereocenters. The van der Waals surface area contributed by atoms with Crippen LogP contribution in [0.25, 0.3) is 11.3 Å². The molecule has 0 fully saturated rings. The summed E-state index contributed by atoms with van der Waals surface area (Å²) >= 11 is 0. The van der Waals surface area contributed by atoms with Crippen molar-refractivity contribution in [3.05, 3.63) is 77.6 Å². The lowest BCUT2D eigenvalue weighted by molar-refractivity contribution is 0.0934. The number of hydrogen-bond acceptors (Lipinski definition) is 4. The maximum absolute atomic E-state index is 13.0. The van der Waals surface area contributed by atoms with Crippen molar-refractivity contribution >= 4 is 5.91 Å². The lowest BCUT2D eigenvalue weighted by Crippen LogP contribution is -2.26. The van der Waals surface area contributed by atoms with Gasteiger partial charge in [0.15, 0.2) is 5.76 Å². The molecule has 0 aliphatic rings. The summed E-state index contributed by atoms with van der Waals surface area (Å²) in [7, 11) is 0. The highest BCUT2D eigenvalue weighted by atomic mass is 19.1. The number of nitrogens with one attached hydrogen (secondary N) is 1. The summed E-state index contributed by atoms with van der Waals surface area (Å²) in [5.41, 5.74) is 1.49. The largest absolute Gasteiger partial charge is 0.438 e. The molecule has 1 heterocycles. The first kappa shape index (κ1) is 16.4. The van der Waals surface area contributed by atoms with E-state index >= 15 is 0 Å². The number of nitrogens with zero attached hydrogens (tertiary/aromatic N) is 2. The first-order valence-corrected chi connectivity index (χ1v) is 7.59.